The molecule has 0 saturated heterocycles. The summed E-state index contributed by atoms with van der Waals surface area (Å²) in [6.45, 7) is 1.94. The smallest absolute Gasteiger partial charge is 0.144 e. The molecule has 0 aliphatic heterocycles. The summed E-state index contributed by atoms with van der Waals surface area (Å²) in [5, 5.41) is 11.2. The molecule has 0 amide bonds. The molecule has 0 spiro atoms. The number of para-hydroxylation sites is 1. The maximum Gasteiger partial charge on any atom is 0.144 e. The number of hydrogen-bond donors (Lipinski definition) is 1. The van der Waals surface area contributed by atoms with Crippen molar-refractivity contribution in [3.63, 3.8) is 0 Å². The number of aromatic nitrogens is 2. The molecule has 0 saturated carbocycles. The standard InChI is InChI=1S/C13H9N3/c1-8-11(6-14)15-7-12-13(8)9-4-2-3-5-10(9)16-12/h2-5,7,16H,1H3. The predicted molar refractivity (Wildman–Crippen MR) is 63.1 cm³/mol. The highest BCUT2D eigenvalue weighted by Gasteiger charge is 2.09. The van der Waals surface area contributed by atoms with Crippen LogP contribution in [0.2, 0.25) is 0 Å². The summed E-state index contributed by atoms with van der Waals surface area (Å²) in [5.41, 5.74) is 3.50. The highest BCUT2D eigenvalue weighted by molar-refractivity contribution is 6.08. The molecule has 0 unspecified atom stereocenters. The van der Waals surface area contributed by atoms with Gasteiger partial charge in [0.2, 0.25) is 0 Å². The average Bonchev–Trinajstić information content (AvgIpc) is 2.68. The Bertz CT molecular complexity index is 732. The Balaban J connectivity index is 2.59. The zero-order chi connectivity index (χ0) is 11.1. The van der Waals surface area contributed by atoms with Crippen molar-refractivity contribution in [3.05, 3.63) is 41.7 Å². The van der Waals surface area contributed by atoms with E-state index >= 15 is 0 Å². The molecule has 0 bridgehead atoms. The maximum atomic E-state index is 8.96. The molecule has 2 heterocycles. The van der Waals surface area contributed by atoms with Crippen molar-refractivity contribution >= 4 is 21.8 Å². The van der Waals surface area contributed by atoms with Gasteiger partial charge in [-0.1, -0.05) is 18.2 Å². The Labute approximate surface area is 92.3 Å². The molecule has 0 fully saturated rings. The maximum absolute atomic E-state index is 8.96. The van der Waals surface area contributed by atoms with E-state index in [1.165, 1.54) is 0 Å². The first-order valence-corrected chi connectivity index (χ1v) is 5.07. The van der Waals surface area contributed by atoms with Crippen LogP contribution in [0, 0.1) is 18.3 Å². The third kappa shape index (κ3) is 1.04. The Morgan fingerprint density at radius 3 is 2.88 bits per heavy atom. The SMILES string of the molecule is Cc1c(C#N)ncc2[nH]c3ccccc3c12. The third-order valence-corrected chi connectivity index (χ3v) is 2.89. The van der Waals surface area contributed by atoms with Gasteiger partial charge in [0.15, 0.2) is 0 Å². The number of H-pyrrole nitrogens is 1. The van der Waals surface area contributed by atoms with Gasteiger partial charge in [-0.3, -0.25) is 0 Å². The van der Waals surface area contributed by atoms with Crippen LogP contribution in [0.3, 0.4) is 0 Å². The van der Waals surface area contributed by atoms with E-state index in [1.54, 1.807) is 6.20 Å². The molecule has 1 aromatic carbocycles. The van der Waals surface area contributed by atoms with Crippen LogP contribution in [0.1, 0.15) is 11.3 Å². The largest absolute Gasteiger partial charge is 0.353 e. The molecule has 1 N–H and O–H groups in total. The second-order valence-electron chi connectivity index (χ2n) is 3.80. The van der Waals surface area contributed by atoms with E-state index in [0.29, 0.717) is 5.69 Å². The number of aryl methyl sites for hydroxylation is 1. The minimum Gasteiger partial charge on any atom is -0.353 e. The van der Waals surface area contributed by atoms with Crippen LogP contribution >= 0.6 is 0 Å². The van der Waals surface area contributed by atoms with Crippen molar-refractivity contribution < 1.29 is 0 Å². The lowest BCUT2D eigenvalue weighted by Gasteiger charge is -1.98. The summed E-state index contributed by atoms with van der Waals surface area (Å²) in [6, 6.07) is 10.2. The lowest BCUT2D eigenvalue weighted by molar-refractivity contribution is 1.24. The summed E-state index contributed by atoms with van der Waals surface area (Å²) >= 11 is 0. The molecule has 3 heteroatoms. The first kappa shape index (κ1) is 8.93. The van der Waals surface area contributed by atoms with Crippen molar-refractivity contribution in [1.29, 1.82) is 5.26 Å². The lowest BCUT2D eigenvalue weighted by atomic mass is 10.1. The van der Waals surface area contributed by atoms with Gasteiger partial charge in [-0.05, 0) is 18.6 Å². The summed E-state index contributed by atoms with van der Waals surface area (Å²) < 4.78 is 0. The zero-order valence-corrected chi connectivity index (χ0v) is 8.78. The van der Waals surface area contributed by atoms with E-state index < -0.39 is 0 Å². The van der Waals surface area contributed by atoms with Gasteiger partial charge in [0.05, 0.1) is 11.7 Å². The molecule has 16 heavy (non-hydrogen) atoms. The molecule has 0 atom stereocenters. The van der Waals surface area contributed by atoms with Crippen LogP contribution in [0.25, 0.3) is 21.8 Å². The fourth-order valence-electron chi connectivity index (χ4n) is 2.12. The Kier molecular flexibility index (Phi) is 1.72. The monoisotopic (exact) mass is 207 g/mol. The van der Waals surface area contributed by atoms with Gasteiger partial charge in [0.1, 0.15) is 11.8 Å². The van der Waals surface area contributed by atoms with Crippen LogP contribution in [-0.4, -0.2) is 9.97 Å². The minimum absolute atomic E-state index is 0.497. The quantitative estimate of drug-likeness (QED) is 0.616. The Morgan fingerprint density at radius 1 is 1.25 bits per heavy atom. The summed E-state index contributed by atoms with van der Waals surface area (Å²) in [7, 11) is 0. The molecule has 3 aromatic rings. The van der Waals surface area contributed by atoms with Crippen molar-refractivity contribution in [2.75, 3.05) is 0 Å². The average molecular weight is 207 g/mol. The van der Waals surface area contributed by atoms with Gasteiger partial charge < -0.3 is 4.98 Å². The van der Waals surface area contributed by atoms with Crippen LogP contribution < -0.4 is 0 Å². The molecular weight excluding hydrogens is 198 g/mol. The summed E-state index contributed by atoms with van der Waals surface area (Å²) in [6.07, 6.45) is 1.72. The Morgan fingerprint density at radius 2 is 2.06 bits per heavy atom. The van der Waals surface area contributed by atoms with Gasteiger partial charge >= 0.3 is 0 Å². The van der Waals surface area contributed by atoms with E-state index in [0.717, 1.165) is 27.4 Å². The van der Waals surface area contributed by atoms with Crippen LogP contribution in [-0.2, 0) is 0 Å². The zero-order valence-electron chi connectivity index (χ0n) is 8.78. The van der Waals surface area contributed by atoms with E-state index in [-0.39, 0.29) is 0 Å². The normalized spacial score (nSPS) is 10.8. The second-order valence-corrected chi connectivity index (χ2v) is 3.80. The molecule has 0 aliphatic carbocycles. The number of rotatable bonds is 0. The van der Waals surface area contributed by atoms with E-state index in [9.17, 15) is 0 Å². The van der Waals surface area contributed by atoms with Crippen molar-refractivity contribution in [2.45, 2.75) is 6.92 Å². The topological polar surface area (TPSA) is 52.5 Å². The fraction of sp³-hybridized carbons (Fsp3) is 0.0769. The summed E-state index contributed by atoms with van der Waals surface area (Å²) in [5.74, 6) is 0. The number of nitrogens with one attached hydrogen (secondary N) is 1. The van der Waals surface area contributed by atoms with Gasteiger partial charge in [0, 0.05) is 16.3 Å². The van der Waals surface area contributed by atoms with E-state index in [1.807, 2.05) is 25.1 Å². The van der Waals surface area contributed by atoms with Crippen molar-refractivity contribution in [2.24, 2.45) is 0 Å². The molecule has 0 aliphatic rings. The number of benzene rings is 1. The molecule has 76 valence electrons. The van der Waals surface area contributed by atoms with Crippen molar-refractivity contribution in [3.8, 4) is 6.07 Å². The lowest BCUT2D eigenvalue weighted by Crippen LogP contribution is -1.87. The van der Waals surface area contributed by atoms with Crippen LogP contribution in [0.5, 0.6) is 0 Å². The first-order valence-electron chi connectivity index (χ1n) is 5.07. The van der Waals surface area contributed by atoms with Gasteiger partial charge in [-0.25, -0.2) is 4.98 Å². The number of hydrogen-bond acceptors (Lipinski definition) is 2. The molecular formula is C13H9N3. The van der Waals surface area contributed by atoms with Gasteiger partial charge in [0.25, 0.3) is 0 Å². The highest BCUT2D eigenvalue weighted by Crippen LogP contribution is 2.28. The minimum atomic E-state index is 0.497. The molecule has 2 aromatic heterocycles. The number of fused-ring (bicyclic) bond motifs is 3. The summed E-state index contributed by atoms with van der Waals surface area (Å²) in [4.78, 5) is 7.43. The number of nitrogens with zero attached hydrogens (tertiary/aromatic N) is 2. The molecule has 3 nitrogen and oxygen atoms in total. The van der Waals surface area contributed by atoms with Crippen molar-refractivity contribution in [1.82, 2.24) is 9.97 Å². The van der Waals surface area contributed by atoms with E-state index in [4.69, 9.17) is 5.26 Å². The number of nitriles is 1. The number of pyridine rings is 1. The molecule has 3 rings (SSSR count). The van der Waals surface area contributed by atoms with Gasteiger partial charge in [-0.15, -0.1) is 0 Å². The highest BCUT2D eigenvalue weighted by atomic mass is 14.8. The Hall–Kier alpha value is -2.34. The fourth-order valence-corrected chi connectivity index (χ4v) is 2.12. The predicted octanol–water partition coefficient (Wildman–Crippen LogP) is 2.90. The first-order chi connectivity index (χ1) is 7.81. The van der Waals surface area contributed by atoms with E-state index in [2.05, 4.69) is 22.1 Å². The number of aromatic amines is 1. The third-order valence-electron chi connectivity index (χ3n) is 2.89. The molecule has 0 radical (unpaired) electrons. The van der Waals surface area contributed by atoms with Crippen LogP contribution in [0.15, 0.2) is 30.5 Å². The second kappa shape index (κ2) is 3.07. The van der Waals surface area contributed by atoms with Gasteiger partial charge in [-0.2, -0.15) is 5.26 Å². The van der Waals surface area contributed by atoms with Crippen LogP contribution in [0.4, 0.5) is 0 Å².